The van der Waals surface area contributed by atoms with E-state index >= 15 is 0 Å². The summed E-state index contributed by atoms with van der Waals surface area (Å²) in [7, 11) is 0. The van der Waals surface area contributed by atoms with Crippen LogP contribution in [-0.4, -0.2) is 20.7 Å². The van der Waals surface area contributed by atoms with E-state index in [1.807, 2.05) is 34.9 Å². The molecule has 0 aliphatic rings. The van der Waals surface area contributed by atoms with Gasteiger partial charge in [-0.2, -0.15) is 4.98 Å². The van der Waals surface area contributed by atoms with E-state index in [4.69, 9.17) is 17.2 Å². The minimum absolute atomic E-state index is 0.237. The van der Waals surface area contributed by atoms with Gasteiger partial charge >= 0.3 is 0 Å². The first-order valence-corrected chi connectivity index (χ1v) is 10.4. The Morgan fingerprint density at radius 3 is 2.38 bits per heavy atom. The number of fused-ring (bicyclic) bond motifs is 1. The molecule has 0 radical (unpaired) electrons. The summed E-state index contributed by atoms with van der Waals surface area (Å²) in [6, 6.07) is 15.4. The van der Waals surface area contributed by atoms with Crippen molar-refractivity contribution in [3.63, 3.8) is 0 Å². The topological polar surface area (TPSA) is 51.9 Å². The zero-order valence-corrected chi connectivity index (χ0v) is 17.6. The lowest BCUT2D eigenvalue weighted by atomic mass is 10.2. The summed E-state index contributed by atoms with van der Waals surface area (Å²) in [6.45, 7) is 4.78. The standard InChI is InChI=1S/C21H19FN4OS2/c1-13(2)12-23-20-24-18-17(19(27)26(20)16-10-8-14(22)9-11-16)29-21(28)25(18)15-6-4-3-5-7-15/h3-11,13H,12H2,1-2H3,(H,23,24). The van der Waals surface area contributed by atoms with E-state index in [-0.39, 0.29) is 11.4 Å². The Labute approximate surface area is 176 Å². The van der Waals surface area contributed by atoms with E-state index in [0.717, 1.165) is 5.69 Å². The van der Waals surface area contributed by atoms with E-state index in [1.165, 1.54) is 28.0 Å². The van der Waals surface area contributed by atoms with Gasteiger partial charge in [0.15, 0.2) is 9.60 Å². The zero-order chi connectivity index (χ0) is 20.5. The van der Waals surface area contributed by atoms with E-state index in [0.29, 0.717) is 38.4 Å². The van der Waals surface area contributed by atoms with E-state index in [9.17, 15) is 9.18 Å². The number of benzene rings is 2. The monoisotopic (exact) mass is 426 g/mol. The van der Waals surface area contributed by atoms with Gasteiger partial charge in [0.2, 0.25) is 5.95 Å². The average Bonchev–Trinajstić information content (AvgIpc) is 3.04. The van der Waals surface area contributed by atoms with Crippen LogP contribution in [-0.2, 0) is 0 Å². The van der Waals surface area contributed by atoms with Crippen molar-refractivity contribution in [2.45, 2.75) is 13.8 Å². The summed E-state index contributed by atoms with van der Waals surface area (Å²) in [4.78, 5) is 18.2. The number of hydrogen-bond donors (Lipinski definition) is 1. The first-order chi connectivity index (χ1) is 14.0. The second kappa shape index (κ2) is 7.88. The molecule has 29 heavy (non-hydrogen) atoms. The normalized spacial score (nSPS) is 11.3. The molecular weight excluding hydrogens is 407 g/mol. The number of nitrogens with zero attached hydrogens (tertiary/aromatic N) is 3. The smallest absolute Gasteiger partial charge is 0.279 e. The van der Waals surface area contributed by atoms with Crippen LogP contribution in [0.1, 0.15) is 13.8 Å². The number of halogens is 1. The number of nitrogens with one attached hydrogen (secondary N) is 1. The Hall–Kier alpha value is -2.84. The highest BCUT2D eigenvalue weighted by Gasteiger charge is 2.18. The third-order valence-corrected chi connectivity index (χ3v) is 5.73. The Kier molecular flexibility index (Phi) is 5.29. The molecule has 2 aromatic heterocycles. The number of para-hydroxylation sites is 1. The molecule has 0 spiro atoms. The molecule has 1 N–H and O–H groups in total. The maximum absolute atomic E-state index is 13.4. The molecule has 0 saturated carbocycles. The van der Waals surface area contributed by atoms with Gasteiger partial charge in [-0.05, 0) is 54.5 Å². The fourth-order valence-corrected chi connectivity index (χ4v) is 4.31. The van der Waals surface area contributed by atoms with Gasteiger partial charge in [0.25, 0.3) is 5.56 Å². The van der Waals surface area contributed by atoms with Gasteiger partial charge in [-0.15, -0.1) is 0 Å². The Balaban J connectivity index is 2.01. The summed E-state index contributed by atoms with van der Waals surface area (Å²) in [5, 5.41) is 3.26. The molecule has 8 heteroatoms. The second-order valence-corrected chi connectivity index (χ2v) is 8.66. The van der Waals surface area contributed by atoms with Gasteiger partial charge in [-0.1, -0.05) is 43.4 Å². The van der Waals surface area contributed by atoms with Crippen molar-refractivity contribution < 1.29 is 4.39 Å². The van der Waals surface area contributed by atoms with Crippen molar-refractivity contribution in [2.75, 3.05) is 11.9 Å². The van der Waals surface area contributed by atoms with E-state index < -0.39 is 0 Å². The number of rotatable bonds is 5. The molecule has 0 atom stereocenters. The first-order valence-electron chi connectivity index (χ1n) is 9.19. The number of aromatic nitrogens is 3. The molecule has 0 unspecified atom stereocenters. The minimum atomic E-state index is -0.363. The van der Waals surface area contributed by atoms with Gasteiger partial charge in [0.05, 0.1) is 5.69 Å². The zero-order valence-electron chi connectivity index (χ0n) is 15.9. The van der Waals surface area contributed by atoms with Gasteiger partial charge < -0.3 is 5.32 Å². The van der Waals surface area contributed by atoms with Crippen molar-refractivity contribution in [2.24, 2.45) is 5.92 Å². The van der Waals surface area contributed by atoms with E-state index in [1.54, 1.807) is 12.1 Å². The SMILES string of the molecule is CC(C)CNc1nc2c(sc(=S)n2-c2ccccc2)c(=O)n1-c1ccc(F)cc1. The lowest BCUT2D eigenvalue weighted by molar-refractivity contribution is 0.627. The van der Waals surface area contributed by atoms with Gasteiger partial charge in [-0.3, -0.25) is 9.36 Å². The largest absolute Gasteiger partial charge is 0.355 e. The molecule has 2 aromatic carbocycles. The minimum Gasteiger partial charge on any atom is -0.355 e. The Morgan fingerprint density at radius 2 is 1.72 bits per heavy atom. The van der Waals surface area contributed by atoms with Crippen molar-refractivity contribution in [1.82, 2.24) is 14.1 Å². The number of anilines is 1. The molecule has 0 fully saturated rings. The predicted molar refractivity (Wildman–Crippen MR) is 119 cm³/mol. The highest BCUT2D eigenvalue weighted by atomic mass is 32.1. The van der Waals surface area contributed by atoms with Crippen LogP contribution < -0.4 is 10.9 Å². The molecule has 4 aromatic rings. The molecule has 2 heterocycles. The first kappa shape index (κ1) is 19.5. The molecule has 0 amide bonds. The van der Waals surface area contributed by atoms with Crippen LogP contribution >= 0.6 is 23.6 Å². The molecule has 0 aliphatic carbocycles. The third-order valence-electron chi connectivity index (χ3n) is 4.38. The predicted octanol–water partition coefficient (Wildman–Crippen LogP) is 5.17. The second-order valence-electron chi connectivity index (χ2n) is 7.02. The quantitative estimate of drug-likeness (QED) is 0.447. The molecule has 0 aliphatic heterocycles. The average molecular weight is 427 g/mol. The molecule has 5 nitrogen and oxygen atoms in total. The van der Waals surface area contributed by atoms with Crippen molar-refractivity contribution in [3.05, 3.63) is 74.7 Å². The van der Waals surface area contributed by atoms with Crippen molar-refractivity contribution in [1.29, 1.82) is 0 Å². The Bertz CT molecular complexity index is 1270. The summed E-state index contributed by atoms with van der Waals surface area (Å²) in [6.07, 6.45) is 0. The summed E-state index contributed by atoms with van der Waals surface area (Å²) < 4.78 is 17.7. The fraction of sp³-hybridized carbons (Fsp3) is 0.190. The maximum atomic E-state index is 13.4. The van der Waals surface area contributed by atoms with Crippen LogP contribution in [0.4, 0.5) is 10.3 Å². The molecule has 0 bridgehead atoms. The van der Waals surface area contributed by atoms with Crippen molar-refractivity contribution in [3.8, 4) is 11.4 Å². The molecule has 0 saturated heterocycles. The lowest BCUT2D eigenvalue weighted by Crippen LogP contribution is -2.25. The molecular formula is C21H19FN4OS2. The van der Waals surface area contributed by atoms with E-state index in [2.05, 4.69) is 19.2 Å². The fourth-order valence-electron chi connectivity index (χ4n) is 3.00. The highest BCUT2D eigenvalue weighted by Crippen LogP contribution is 2.25. The number of hydrogen-bond acceptors (Lipinski definition) is 5. The number of thiazole rings is 1. The van der Waals surface area contributed by atoms with Crippen LogP contribution in [0.15, 0.2) is 59.4 Å². The van der Waals surface area contributed by atoms with Crippen molar-refractivity contribution >= 4 is 39.9 Å². The van der Waals surface area contributed by atoms with Gasteiger partial charge in [0, 0.05) is 12.2 Å². The third kappa shape index (κ3) is 3.73. The Morgan fingerprint density at radius 1 is 1.07 bits per heavy atom. The van der Waals surface area contributed by atoms with Gasteiger partial charge in [-0.25, -0.2) is 8.96 Å². The van der Waals surface area contributed by atoms with Crippen LogP contribution in [0.25, 0.3) is 21.7 Å². The maximum Gasteiger partial charge on any atom is 0.279 e. The van der Waals surface area contributed by atoms with Gasteiger partial charge in [0.1, 0.15) is 10.5 Å². The lowest BCUT2D eigenvalue weighted by Gasteiger charge is -2.15. The molecule has 148 valence electrons. The van der Waals surface area contributed by atoms with Crippen LogP contribution in [0.2, 0.25) is 0 Å². The summed E-state index contributed by atoms with van der Waals surface area (Å²) in [5.41, 5.74) is 1.67. The summed E-state index contributed by atoms with van der Waals surface area (Å²) in [5.74, 6) is 0.390. The molecule has 4 rings (SSSR count). The van der Waals surface area contributed by atoms with Crippen LogP contribution in [0, 0.1) is 15.7 Å². The summed E-state index contributed by atoms with van der Waals surface area (Å²) >= 11 is 6.77. The highest BCUT2D eigenvalue weighted by molar-refractivity contribution is 7.73. The van der Waals surface area contributed by atoms with Crippen LogP contribution in [0.5, 0.6) is 0 Å². The van der Waals surface area contributed by atoms with Crippen LogP contribution in [0.3, 0.4) is 0 Å².